The molecule has 0 unspecified atom stereocenters. The minimum Gasteiger partial charge on any atom is -0.464 e. The summed E-state index contributed by atoms with van der Waals surface area (Å²) in [6.45, 7) is 0.489. The summed E-state index contributed by atoms with van der Waals surface area (Å²) in [6.07, 6.45) is 0. The largest absolute Gasteiger partial charge is 0.464 e. The summed E-state index contributed by atoms with van der Waals surface area (Å²) in [6, 6.07) is 7.57. The third kappa shape index (κ3) is 1.71. The van der Waals surface area contributed by atoms with E-state index in [0.29, 0.717) is 12.2 Å². The Kier molecular flexibility index (Phi) is 2.43. The van der Waals surface area contributed by atoms with Crippen LogP contribution in [0.4, 0.5) is 0 Å². The number of nitrogens with one attached hydrogen (secondary N) is 1. The van der Waals surface area contributed by atoms with E-state index in [-0.39, 0.29) is 5.97 Å². The van der Waals surface area contributed by atoms with E-state index in [1.807, 2.05) is 18.2 Å². The van der Waals surface area contributed by atoms with E-state index in [2.05, 4.69) is 9.72 Å². The monoisotopic (exact) mass is 204 g/mol. The van der Waals surface area contributed by atoms with Gasteiger partial charge in [-0.25, -0.2) is 4.79 Å². The highest BCUT2D eigenvalue weighted by Gasteiger charge is 2.08. The second kappa shape index (κ2) is 3.74. The Balaban J connectivity index is 2.51. The Hall–Kier alpha value is -1.81. The van der Waals surface area contributed by atoms with E-state index < -0.39 is 0 Å². The number of aromatic nitrogens is 1. The molecule has 0 spiro atoms. The first kappa shape index (κ1) is 9.73. The number of benzene rings is 1. The SMILES string of the molecule is COC(=O)c1cc2ccc(CN)cc2[nH]1. The number of ether oxygens (including phenoxy) is 1. The molecule has 2 aromatic rings. The van der Waals surface area contributed by atoms with Gasteiger partial charge in [-0.3, -0.25) is 0 Å². The van der Waals surface area contributed by atoms with Crippen LogP contribution in [0.3, 0.4) is 0 Å². The smallest absolute Gasteiger partial charge is 0.354 e. The molecule has 0 aliphatic carbocycles. The van der Waals surface area contributed by atoms with Crippen molar-refractivity contribution in [2.45, 2.75) is 6.54 Å². The highest BCUT2D eigenvalue weighted by molar-refractivity contribution is 5.94. The van der Waals surface area contributed by atoms with Gasteiger partial charge in [0.2, 0.25) is 0 Å². The summed E-state index contributed by atoms with van der Waals surface area (Å²) >= 11 is 0. The van der Waals surface area contributed by atoms with Crippen molar-refractivity contribution in [1.82, 2.24) is 4.98 Å². The molecule has 0 bridgehead atoms. The summed E-state index contributed by atoms with van der Waals surface area (Å²) in [5.74, 6) is -0.361. The fourth-order valence-electron chi connectivity index (χ4n) is 1.52. The number of nitrogens with two attached hydrogens (primary N) is 1. The van der Waals surface area contributed by atoms with E-state index in [1.165, 1.54) is 7.11 Å². The van der Waals surface area contributed by atoms with Gasteiger partial charge in [0.25, 0.3) is 0 Å². The molecular weight excluding hydrogens is 192 g/mol. The molecule has 0 amide bonds. The van der Waals surface area contributed by atoms with Crippen LogP contribution in [0.2, 0.25) is 0 Å². The Bertz CT molecular complexity index is 502. The van der Waals surface area contributed by atoms with E-state index in [9.17, 15) is 4.79 Å². The predicted octanol–water partition coefficient (Wildman–Crippen LogP) is 1.41. The lowest BCUT2D eigenvalue weighted by molar-refractivity contribution is 0.0595. The fourth-order valence-corrected chi connectivity index (χ4v) is 1.52. The van der Waals surface area contributed by atoms with E-state index in [0.717, 1.165) is 16.5 Å². The maximum Gasteiger partial charge on any atom is 0.354 e. The minimum atomic E-state index is -0.361. The maximum atomic E-state index is 11.3. The zero-order valence-electron chi connectivity index (χ0n) is 8.41. The van der Waals surface area contributed by atoms with Crippen LogP contribution in [0.1, 0.15) is 16.1 Å². The molecule has 0 saturated carbocycles. The number of aromatic amines is 1. The number of fused-ring (bicyclic) bond motifs is 1. The molecule has 4 heteroatoms. The van der Waals surface area contributed by atoms with Crippen molar-refractivity contribution >= 4 is 16.9 Å². The normalized spacial score (nSPS) is 10.5. The van der Waals surface area contributed by atoms with Crippen molar-refractivity contribution in [3.8, 4) is 0 Å². The van der Waals surface area contributed by atoms with Crippen LogP contribution in [0, 0.1) is 0 Å². The van der Waals surface area contributed by atoms with Gasteiger partial charge >= 0.3 is 5.97 Å². The molecule has 78 valence electrons. The average molecular weight is 204 g/mol. The Morgan fingerprint density at radius 1 is 1.47 bits per heavy atom. The first-order chi connectivity index (χ1) is 7.24. The van der Waals surface area contributed by atoms with Crippen molar-refractivity contribution in [3.63, 3.8) is 0 Å². The van der Waals surface area contributed by atoms with Gasteiger partial charge in [-0.15, -0.1) is 0 Å². The maximum absolute atomic E-state index is 11.3. The Morgan fingerprint density at radius 3 is 2.93 bits per heavy atom. The third-order valence-electron chi connectivity index (χ3n) is 2.33. The van der Waals surface area contributed by atoms with Gasteiger partial charge in [-0.2, -0.15) is 0 Å². The molecule has 1 aromatic carbocycles. The first-order valence-corrected chi connectivity index (χ1v) is 4.64. The van der Waals surface area contributed by atoms with Gasteiger partial charge < -0.3 is 15.5 Å². The standard InChI is InChI=1S/C11H12N2O2/c1-15-11(14)10-5-8-3-2-7(6-12)4-9(8)13-10/h2-5,13H,6,12H2,1H3. The summed E-state index contributed by atoms with van der Waals surface area (Å²) < 4.78 is 4.63. The lowest BCUT2D eigenvalue weighted by Gasteiger charge is -1.95. The summed E-state index contributed by atoms with van der Waals surface area (Å²) in [5.41, 5.74) is 7.92. The zero-order valence-corrected chi connectivity index (χ0v) is 8.41. The molecule has 1 aromatic heterocycles. The van der Waals surface area contributed by atoms with Crippen LogP contribution < -0.4 is 5.73 Å². The lowest BCUT2D eigenvalue weighted by Crippen LogP contribution is -2.00. The zero-order chi connectivity index (χ0) is 10.8. The van der Waals surface area contributed by atoms with Gasteiger partial charge in [0, 0.05) is 17.4 Å². The van der Waals surface area contributed by atoms with Crippen LogP contribution >= 0.6 is 0 Å². The van der Waals surface area contributed by atoms with Crippen LogP contribution in [0.25, 0.3) is 10.9 Å². The summed E-state index contributed by atoms with van der Waals surface area (Å²) in [7, 11) is 1.36. The number of methoxy groups -OCH3 is 1. The molecule has 4 nitrogen and oxygen atoms in total. The van der Waals surface area contributed by atoms with Crippen LogP contribution in [0.5, 0.6) is 0 Å². The van der Waals surface area contributed by atoms with E-state index in [4.69, 9.17) is 5.73 Å². The van der Waals surface area contributed by atoms with E-state index in [1.54, 1.807) is 6.07 Å². The third-order valence-corrected chi connectivity index (χ3v) is 2.33. The first-order valence-electron chi connectivity index (χ1n) is 4.64. The van der Waals surface area contributed by atoms with Gasteiger partial charge in [-0.1, -0.05) is 12.1 Å². The van der Waals surface area contributed by atoms with Crippen molar-refractivity contribution in [3.05, 3.63) is 35.5 Å². The molecule has 0 aliphatic heterocycles. The number of carbonyl (C=O) groups excluding carboxylic acids is 1. The molecule has 0 fully saturated rings. The Labute approximate surface area is 87.0 Å². The molecule has 15 heavy (non-hydrogen) atoms. The highest BCUT2D eigenvalue weighted by atomic mass is 16.5. The summed E-state index contributed by atoms with van der Waals surface area (Å²) in [4.78, 5) is 14.3. The number of carbonyl (C=O) groups is 1. The fraction of sp³-hybridized carbons (Fsp3) is 0.182. The van der Waals surface area contributed by atoms with Crippen molar-refractivity contribution in [1.29, 1.82) is 0 Å². The average Bonchev–Trinajstić information content (AvgIpc) is 2.70. The molecule has 2 rings (SSSR count). The minimum absolute atomic E-state index is 0.361. The molecule has 3 N–H and O–H groups in total. The van der Waals surface area contributed by atoms with Crippen LogP contribution in [0.15, 0.2) is 24.3 Å². The molecular formula is C11H12N2O2. The topological polar surface area (TPSA) is 68.1 Å². The molecule has 0 radical (unpaired) electrons. The number of rotatable bonds is 2. The van der Waals surface area contributed by atoms with Crippen LogP contribution in [-0.4, -0.2) is 18.1 Å². The highest BCUT2D eigenvalue weighted by Crippen LogP contribution is 2.17. The van der Waals surface area contributed by atoms with Gasteiger partial charge in [0.15, 0.2) is 0 Å². The second-order valence-corrected chi connectivity index (χ2v) is 3.30. The summed E-state index contributed by atoms with van der Waals surface area (Å²) in [5, 5.41) is 0.979. The van der Waals surface area contributed by atoms with Crippen molar-refractivity contribution in [2.24, 2.45) is 5.73 Å². The quantitative estimate of drug-likeness (QED) is 0.727. The molecule has 0 aliphatic rings. The molecule has 0 saturated heterocycles. The van der Waals surface area contributed by atoms with Crippen molar-refractivity contribution in [2.75, 3.05) is 7.11 Å². The number of H-pyrrole nitrogens is 1. The van der Waals surface area contributed by atoms with Crippen LogP contribution in [-0.2, 0) is 11.3 Å². The van der Waals surface area contributed by atoms with Gasteiger partial charge in [0.1, 0.15) is 5.69 Å². The van der Waals surface area contributed by atoms with Crippen molar-refractivity contribution < 1.29 is 9.53 Å². The number of esters is 1. The lowest BCUT2D eigenvalue weighted by atomic mass is 10.2. The predicted molar refractivity (Wildman–Crippen MR) is 57.5 cm³/mol. The van der Waals surface area contributed by atoms with Gasteiger partial charge in [-0.05, 0) is 17.7 Å². The van der Waals surface area contributed by atoms with Gasteiger partial charge in [0.05, 0.1) is 7.11 Å². The molecule has 0 atom stereocenters. The number of hydrogen-bond donors (Lipinski definition) is 2. The number of hydrogen-bond acceptors (Lipinski definition) is 3. The van der Waals surface area contributed by atoms with E-state index >= 15 is 0 Å². The Morgan fingerprint density at radius 2 is 2.27 bits per heavy atom. The second-order valence-electron chi connectivity index (χ2n) is 3.30. The molecule has 1 heterocycles.